The van der Waals surface area contributed by atoms with Gasteiger partial charge in [-0.15, -0.1) is 0 Å². The predicted molar refractivity (Wildman–Crippen MR) is 56.4 cm³/mol. The monoisotopic (exact) mass is 189 g/mol. The van der Waals surface area contributed by atoms with Crippen molar-refractivity contribution < 1.29 is 0 Å². The topological polar surface area (TPSA) is 23.8 Å². The van der Waals surface area contributed by atoms with Crippen molar-refractivity contribution in [3.8, 4) is 6.07 Å². The van der Waals surface area contributed by atoms with Crippen molar-refractivity contribution in [3.63, 3.8) is 0 Å². The molecule has 0 N–H and O–H groups in total. The van der Waals surface area contributed by atoms with Crippen LogP contribution in [0.25, 0.3) is 0 Å². The lowest BCUT2D eigenvalue weighted by Gasteiger charge is -1.96. The molecular weight excluding hydrogens is 178 g/mol. The third kappa shape index (κ3) is 3.35. The Morgan fingerprint density at radius 1 is 1.38 bits per heavy atom. The van der Waals surface area contributed by atoms with E-state index in [-0.39, 0.29) is 0 Å². The molecule has 0 aromatic heterocycles. The van der Waals surface area contributed by atoms with E-state index in [1.165, 1.54) is 10.5 Å². The van der Waals surface area contributed by atoms with Crippen LogP contribution in [0.4, 0.5) is 0 Å². The molecule has 0 aliphatic heterocycles. The van der Waals surface area contributed by atoms with E-state index in [1.54, 1.807) is 18.7 Å². The number of rotatable bonds is 2. The van der Waals surface area contributed by atoms with Gasteiger partial charge in [0.1, 0.15) is 0 Å². The molecule has 1 rings (SSSR count). The van der Waals surface area contributed by atoms with Gasteiger partial charge in [-0.1, -0.05) is 29.5 Å². The van der Waals surface area contributed by atoms with Gasteiger partial charge >= 0.3 is 0 Å². The highest BCUT2D eigenvalue weighted by Gasteiger charge is 1.90. The highest BCUT2D eigenvalue weighted by Crippen LogP contribution is 2.20. The molecule has 1 nitrogen and oxygen atoms in total. The van der Waals surface area contributed by atoms with Crippen LogP contribution in [0.15, 0.2) is 40.1 Å². The zero-order chi connectivity index (χ0) is 9.68. The Hall–Kier alpha value is -1.20. The lowest BCUT2D eigenvalue weighted by molar-refractivity contribution is 1.38. The number of hydrogen-bond donors (Lipinski definition) is 0. The van der Waals surface area contributed by atoms with Crippen molar-refractivity contribution in [2.45, 2.75) is 18.7 Å². The van der Waals surface area contributed by atoms with E-state index in [9.17, 15) is 0 Å². The molecule has 0 radical (unpaired) electrons. The first-order chi connectivity index (χ1) is 6.22. The molecule has 0 bridgehead atoms. The van der Waals surface area contributed by atoms with E-state index < -0.39 is 0 Å². The van der Waals surface area contributed by atoms with Crippen molar-refractivity contribution in [2.75, 3.05) is 0 Å². The van der Waals surface area contributed by atoms with Gasteiger partial charge in [-0.3, -0.25) is 0 Å². The van der Waals surface area contributed by atoms with Crippen LogP contribution < -0.4 is 0 Å². The van der Waals surface area contributed by atoms with E-state index in [2.05, 4.69) is 37.3 Å². The second-order valence-corrected chi connectivity index (χ2v) is 3.79. The molecule has 0 amide bonds. The van der Waals surface area contributed by atoms with E-state index in [0.717, 1.165) is 5.57 Å². The number of nitriles is 1. The van der Waals surface area contributed by atoms with Crippen LogP contribution in [0.1, 0.15) is 12.5 Å². The standard InChI is InChI=1S/C11H11NS/c1-9-3-5-11(6-4-9)13-8-10(2)7-12/h3-6,8H,1-2H3. The lowest BCUT2D eigenvalue weighted by Crippen LogP contribution is -1.71. The number of nitrogens with zero attached hydrogens (tertiary/aromatic N) is 1. The summed E-state index contributed by atoms with van der Waals surface area (Å²) in [5, 5.41) is 10.4. The van der Waals surface area contributed by atoms with Gasteiger partial charge in [0, 0.05) is 10.5 Å². The maximum absolute atomic E-state index is 8.53. The van der Waals surface area contributed by atoms with Crippen molar-refractivity contribution in [1.29, 1.82) is 5.26 Å². The van der Waals surface area contributed by atoms with Gasteiger partial charge in [0.2, 0.25) is 0 Å². The molecule has 0 spiro atoms. The largest absolute Gasteiger partial charge is 0.193 e. The summed E-state index contributed by atoms with van der Waals surface area (Å²) in [6.45, 7) is 3.87. The van der Waals surface area contributed by atoms with Gasteiger partial charge in [0.05, 0.1) is 6.07 Å². The summed E-state index contributed by atoms with van der Waals surface area (Å²) in [5.41, 5.74) is 2.00. The van der Waals surface area contributed by atoms with Crippen molar-refractivity contribution in [3.05, 3.63) is 40.8 Å². The fraction of sp³-hybridized carbons (Fsp3) is 0.182. The first-order valence-electron chi connectivity index (χ1n) is 4.02. The van der Waals surface area contributed by atoms with Crippen LogP contribution in [-0.4, -0.2) is 0 Å². The quantitative estimate of drug-likeness (QED) is 0.525. The first kappa shape index (κ1) is 9.88. The minimum absolute atomic E-state index is 0.741. The lowest BCUT2D eigenvalue weighted by atomic mass is 10.2. The summed E-state index contributed by atoms with van der Waals surface area (Å²) in [6.07, 6.45) is 0. The number of thioether (sulfide) groups is 1. The predicted octanol–water partition coefficient (Wildman–Crippen LogP) is 3.51. The molecular formula is C11H11NS. The Bertz CT molecular complexity index is 343. The fourth-order valence-corrected chi connectivity index (χ4v) is 1.46. The van der Waals surface area contributed by atoms with E-state index in [0.29, 0.717) is 0 Å². The molecule has 0 atom stereocenters. The van der Waals surface area contributed by atoms with Gasteiger partial charge in [-0.05, 0) is 31.4 Å². The summed E-state index contributed by atoms with van der Waals surface area (Å²) in [5.74, 6) is 0. The number of allylic oxidation sites excluding steroid dienone is 1. The minimum atomic E-state index is 0.741. The van der Waals surface area contributed by atoms with Gasteiger partial charge < -0.3 is 0 Å². The smallest absolute Gasteiger partial charge is 0.0949 e. The Labute approximate surface area is 83.1 Å². The summed E-state index contributed by atoms with van der Waals surface area (Å²) in [6, 6.07) is 10.3. The molecule has 0 fully saturated rings. The minimum Gasteiger partial charge on any atom is -0.193 e. The molecule has 66 valence electrons. The molecule has 0 saturated heterocycles. The third-order valence-electron chi connectivity index (χ3n) is 1.57. The van der Waals surface area contributed by atoms with Gasteiger partial charge in [0.15, 0.2) is 0 Å². The normalized spacial score (nSPS) is 11.0. The molecule has 0 heterocycles. The van der Waals surface area contributed by atoms with Crippen molar-refractivity contribution in [2.24, 2.45) is 0 Å². The summed E-state index contributed by atoms with van der Waals surface area (Å²) < 4.78 is 0. The van der Waals surface area contributed by atoms with Crippen LogP contribution >= 0.6 is 11.8 Å². The number of benzene rings is 1. The molecule has 1 aromatic carbocycles. The van der Waals surface area contributed by atoms with Crippen LogP contribution in [0, 0.1) is 18.3 Å². The SMILES string of the molecule is CC(C#N)=CSc1ccc(C)cc1. The molecule has 13 heavy (non-hydrogen) atoms. The van der Waals surface area contributed by atoms with Gasteiger partial charge in [0.25, 0.3) is 0 Å². The Morgan fingerprint density at radius 2 is 2.00 bits per heavy atom. The highest BCUT2D eigenvalue weighted by atomic mass is 32.2. The molecule has 2 heteroatoms. The molecule has 0 saturated carbocycles. The highest BCUT2D eigenvalue weighted by molar-refractivity contribution is 8.02. The second-order valence-electron chi connectivity index (χ2n) is 2.84. The van der Waals surface area contributed by atoms with Gasteiger partial charge in [-0.25, -0.2) is 0 Å². The van der Waals surface area contributed by atoms with E-state index in [1.807, 2.05) is 5.41 Å². The zero-order valence-corrected chi connectivity index (χ0v) is 8.56. The van der Waals surface area contributed by atoms with Crippen LogP contribution in [-0.2, 0) is 0 Å². The summed E-state index contributed by atoms with van der Waals surface area (Å²) in [7, 11) is 0. The molecule has 0 aliphatic rings. The fourth-order valence-electron chi connectivity index (χ4n) is 0.800. The van der Waals surface area contributed by atoms with Crippen LogP contribution in [0.5, 0.6) is 0 Å². The second kappa shape index (κ2) is 4.74. The summed E-state index contributed by atoms with van der Waals surface area (Å²) >= 11 is 1.58. The maximum Gasteiger partial charge on any atom is 0.0949 e. The van der Waals surface area contributed by atoms with Crippen LogP contribution in [0.2, 0.25) is 0 Å². The van der Waals surface area contributed by atoms with Crippen molar-refractivity contribution in [1.82, 2.24) is 0 Å². The summed E-state index contributed by atoms with van der Waals surface area (Å²) in [4.78, 5) is 1.17. The van der Waals surface area contributed by atoms with Crippen LogP contribution in [0.3, 0.4) is 0 Å². The molecule has 0 aliphatic carbocycles. The first-order valence-corrected chi connectivity index (χ1v) is 4.90. The van der Waals surface area contributed by atoms with E-state index in [4.69, 9.17) is 5.26 Å². The average molecular weight is 189 g/mol. The Kier molecular flexibility index (Phi) is 3.60. The third-order valence-corrected chi connectivity index (χ3v) is 2.58. The zero-order valence-electron chi connectivity index (χ0n) is 7.74. The van der Waals surface area contributed by atoms with Crippen molar-refractivity contribution >= 4 is 11.8 Å². The maximum atomic E-state index is 8.53. The average Bonchev–Trinajstić information content (AvgIpc) is 2.16. The Balaban J connectivity index is 2.67. The number of hydrogen-bond acceptors (Lipinski definition) is 2. The number of aryl methyl sites for hydroxylation is 1. The molecule has 1 aromatic rings. The Morgan fingerprint density at radius 3 is 2.54 bits per heavy atom. The van der Waals surface area contributed by atoms with Gasteiger partial charge in [-0.2, -0.15) is 5.26 Å². The van der Waals surface area contributed by atoms with E-state index >= 15 is 0 Å². The molecule has 0 unspecified atom stereocenters.